The van der Waals surface area contributed by atoms with E-state index < -0.39 is 0 Å². The molecule has 8 aromatic rings. The highest BCUT2D eigenvalue weighted by atomic mass is 35.5. The molecule has 0 unspecified atom stereocenters. The Morgan fingerprint density at radius 3 is 0.900 bits per heavy atom. The molecule has 60 heavy (non-hydrogen) atoms. The first-order chi connectivity index (χ1) is 29.3. The van der Waals surface area contributed by atoms with Crippen LogP contribution in [0.1, 0.15) is 33.4 Å². The van der Waals surface area contributed by atoms with E-state index in [1.807, 2.05) is 48.6 Å². The molecular weight excluding hydrogens is 772 g/mol. The van der Waals surface area contributed by atoms with Crippen LogP contribution >= 0.6 is 23.2 Å². The van der Waals surface area contributed by atoms with E-state index in [2.05, 4.69) is 160 Å². The molecule has 0 aliphatic heterocycles. The predicted molar refractivity (Wildman–Crippen MR) is 261 cm³/mol. The van der Waals surface area contributed by atoms with E-state index in [1.54, 1.807) is 0 Å². The first kappa shape index (κ1) is 38.4. The van der Waals surface area contributed by atoms with Crippen LogP contribution in [0.2, 0.25) is 10.0 Å². The van der Waals surface area contributed by atoms with Gasteiger partial charge in [-0.1, -0.05) is 207 Å². The summed E-state index contributed by atoms with van der Waals surface area (Å²) in [5, 5.41) is 3.42. The summed E-state index contributed by atoms with van der Waals surface area (Å²) in [6, 6.07) is 54.0. The van der Waals surface area contributed by atoms with Gasteiger partial charge in [-0.15, -0.1) is 0 Å². The minimum absolute atomic E-state index is 0.607. The summed E-state index contributed by atoms with van der Waals surface area (Å²) in [7, 11) is 0. The van der Waals surface area contributed by atoms with Crippen molar-refractivity contribution in [1.82, 2.24) is 0 Å². The topological polar surface area (TPSA) is 24.7 Å². The molecular formula is C56H38Cl2N2. The van der Waals surface area contributed by atoms with Gasteiger partial charge in [0.2, 0.25) is 0 Å². The lowest BCUT2D eigenvalue weighted by molar-refractivity contribution is 1.47. The van der Waals surface area contributed by atoms with Crippen LogP contribution in [0.25, 0.3) is 79.6 Å². The highest BCUT2D eigenvalue weighted by Crippen LogP contribution is 2.46. The van der Waals surface area contributed by atoms with Gasteiger partial charge >= 0.3 is 0 Å². The van der Waals surface area contributed by atoms with Gasteiger partial charge in [0.25, 0.3) is 0 Å². The fourth-order valence-corrected chi connectivity index (χ4v) is 8.39. The van der Waals surface area contributed by atoms with Gasteiger partial charge in [-0.2, -0.15) is 0 Å². The standard InChI is InChI=1S/C56H38Cl2N2/c1-5-35-15-23-39(24-16-35)48-31-44(57)32-49(40-25-17-36(6-2)18-26-40)53(48)59-55-46-13-9-11-43-12-10-14-47(52(43)46)56(55)60-54-50(41-27-19-37(7-3)20-28-41)33-45(58)34-51(54)42-29-21-38(8-4)22-30-42/h5-34H,1-4H2. The van der Waals surface area contributed by atoms with Crippen LogP contribution in [0, 0.1) is 0 Å². The first-order valence-electron chi connectivity index (χ1n) is 19.6. The van der Waals surface area contributed by atoms with Crippen LogP contribution in [0.3, 0.4) is 0 Å². The molecule has 1 aliphatic carbocycles. The summed E-state index contributed by atoms with van der Waals surface area (Å²) in [6.45, 7) is 15.9. The van der Waals surface area contributed by atoms with Crippen molar-refractivity contribution < 1.29 is 0 Å². The van der Waals surface area contributed by atoms with E-state index in [4.69, 9.17) is 33.2 Å². The van der Waals surface area contributed by atoms with E-state index in [0.29, 0.717) is 10.0 Å². The number of rotatable bonds is 10. The average molecular weight is 810 g/mol. The van der Waals surface area contributed by atoms with Crippen molar-refractivity contribution in [3.63, 3.8) is 0 Å². The van der Waals surface area contributed by atoms with Crippen molar-refractivity contribution in [3.05, 3.63) is 227 Å². The third kappa shape index (κ3) is 7.18. The summed E-state index contributed by atoms with van der Waals surface area (Å²) in [4.78, 5) is 11.5. The SMILES string of the molecule is C=Cc1ccc(-c2cc(Cl)cc(-c3ccc(C=C)cc3)c2N=C2C(=Nc3c(-c4ccc(C=C)cc4)cc(Cl)cc3-c3ccc(C=C)cc3)c3cccc4cccc2c34)cc1. The molecule has 0 spiro atoms. The van der Waals surface area contributed by atoms with Crippen LogP contribution < -0.4 is 0 Å². The van der Waals surface area contributed by atoms with Crippen molar-refractivity contribution >= 4 is 81.1 Å². The van der Waals surface area contributed by atoms with Gasteiger partial charge in [0.1, 0.15) is 0 Å². The smallest absolute Gasteiger partial charge is 0.0979 e. The zero-order valence-electron chi connectivity index (χ0n) is 32.8. The van der Waals surface area contributed by atoms with Crippen molar-refractivity contribution in [2.45, 2.75) is 0 Å². The predicted octanol–water partition coefficient (Wildman–Crippen LogP) is 16.6. The maximum Gasteiger partial charge on any atom is 0.0979 e. The Morgan fingerprint density at radius 1 is 0.350 bits per heavy atom. The van der Waals surface area contributed by atoms with Crippen LogP contribution in [0.4, 0.5) is 11.4 Å². The van der Waals surface area contributed by atoms with Crippen molar-refractivity contribution in [2.24, 2.45) is 9.98 Å². The number of hydrogen-bond donors (Lipinski definition) is 0. The Bertz CT molecular complexity index is 2720. The fourth-order valence-electron chi connectivity index (χ4n) is 7.96. The molecule has 9 rings (SSSR count). The molecule has 0 bridgehead atoms. The molecule has 0 saturated heterocycles. The molecule has 1 aliphatic rings. The molecule has 0 saturated carbocycles. The Balaban J connectivity index is 1.38. The molecule has 4 heteroatoms. The number of benzene rings is 8. The van der Waals surface area contributed by atoms with Gasteiger partial charge < -0.3 is 0 Å². The molecule has 2 nitrogen and oxygen atoms in total. The fraction of sp³-hybridized carbons (Fsp3) is 0. The summed E-state index contributed by atoms with van der Waals surface area (Å²) in [5.74, 6) is 0. The Hall–Kier alpha value is -7.10. The molecule has 0 fully saturated rings. The zero-order valence-corrected chi connectivity index (χ0v) is 34.3. The van der Waals surface area contributed by atoms with Crippen molar-refractivity contribution in [3.8, 4) is 44.5 Å². The van der Waals surface area contributed by atoms with Crippen LogP contribution in [-0.4, -0.2) is 11.4 Å². The maximum absolute atomic E-state index is 7.01. The van der Waals surface area contributed by atoms with Gasteiger partial charge in [0.15, 0.2) is 0 Å². The van der Waals surface area contributed by atoms with Crippen molar-refractivity contribution in [2.75, 3.05) is 0 Å². The highest BCUT2D eigenvalue weighted by Gasteiger charge is 2.29. The molecule has 0 amide bonds. The molecule has 0 N–H and O–H groups in total. The third-order valence-electron chi connectivity index (χ3n) is 11.1. The molecule has 0 radical (unpaired) electrons. The zero-order chi connectivity index (χ0) is 41.3. The molecule has 286 valence electrons. The third-order valence-corrected chi connectivity index (χ3v) is 11.5. The summed E-state index contributed by atoms with van der Waals surface area (Å²) in [6.07, 6.45) is 7.37. The second kappa shape index (κ2) is 16.3. The molecule has 8 aromatic carbocycles. The Kier molecular flexibility index (Phi) is 10.4. The number of aliphatic imine (C=N–C) groups is 2. The van der Waals surface area contributed by atoms with Crippen molar-refractivity contribution in [1.29, 1.82) is 0 Å². The van der Waals surface area contributed by atoms with E-state index in [-0.39, 0.29) is 0 Å². The van der Waals surface area contributed by atoms with Gasteiger partial charge in [-0.05, 0) is 74.2 Å². The maximum atomic E-state index is 7.01. The van der Waals surface area contributed by atoms with E-state index in [0.717, 1.165) is 111 Å². The lowest BCUT2D eigenvalue weighted by atomic mass is 9.94. The monoisotopic (exact) mass is 808 g/mol. The lowest BCUT2D eigenvalue weighted by Crippen LogP contribution is -2.11. The van der Waals surface area contributed by atoms with Gasteiger partial charge in [0, 0.05) is 48.8 Å². The van der Waals surface area contributed by atoms with Crippen LogP contribution in [0.15, 0.2) is 194 Å². The second-order valence-electron chi connectivity index (χ2n) is 14.6. The highest BCUT2D eigenvalue weighted by molar-refractivity contribution is 6.61. The van der Waals surface area contributed by atoms with E-state index in [1.165, 1.54) is 0 Å². The lowest BCUT2D eigenvalue weighted by Gasteiger charge is -2.17. The summed E-state index contributed by atoms with van der Waals surface area (Å²) in [5.41, 5.74) is 16.7. The molecule has 0 aromatic heterocycles. The van der Waals surface area contributed by atoms with E-state index in [9.17, 15) is 0 Å². The largest absolute Gasteiger partial charge is 0.245 e. The minimum Gasteiger partial charge on any atom is -0.245 e. The molecule has 0 heterocycles. The van der Waals surface area contributed by atoms with E-state index >= 15 is 0 Å². The Labute approximate surface area is 361 Å². The number of hydrogen-bond acceptors (Lipinski definition) is 2. The average Bonchev–Trinajstić information content (AvgIpc) is 3.59. The molecule has 0 atom stereocenters. The van der Waals surface area contributed by atoms with Gasteiger partial charge in [-0.25, -0.2) is 9.98 Å². The minimum atomic E-state index is 0.607. The van der Waals surface area contributed by atoms with Crippen LogP contribution in [-0.2, 0) is 0 Å². The second-order valence-corrected chi connectivity index (χ2v) is 15.5. The summed E-state index contributed by atoms with van der Waals surface area (Å²) < 4.78 is 0. The number of halogens is 2. The normalized spacial score (nSPS) is 13.2. The first-order valence-corrected chi connectivity index (χ1v) is 20.4. The quantitative estimate of drug-likeness (QED) is 0.131. The van der Waals surface area contributed by atoms with Crippen LogP contribution in [0.5, 0.6) is 0 Å². The van der Waals surface area contributed by atoms with Gasteiger partial charge in [0.05, 0.1) is 22.8 Å². The Morgan fingerprint density at radius 2 is 0.633 bits per heavy atom. The number of nitrogens with zero attached hydrogens (tertiary/aromatic N) is 2. The summed E-state index contributed by atoms with van der Waals surface area (Å²) >= 11 is 14.0. The van der Waals surface area contributed by atoms with Gasteiger partial charge in [-0.3, -0.25) is 0 Å².